The van der Waals surface area contributed by atoms with Crippen LogP contribution in [0.5, 0.6) is 0 Å². The molecule has 8 bridgehead atoms. The molecule has 0 spiro atoms. The summed E-state index contributed by atoms with van der Waals surface area (Å²) in [6.45, 7) is 0. The topological polar surface area (TPSA) is 106 Å². The Labute approximate surface area is 248 Å². The maximum absolute atomic E-state index is 4.99. The predicted octanol–water partition coefficient (Wildman–Crippen LogP) is 5.60. The Hall–Kier alpha value is -4.81. The molecule has 9 heteroatoms. The van der Waals surface area contributed by atoms with Gasteiger partial charge in [-0.25, -0.2) is 0 Å². The Bertz CT molecular complexity index is 2030. The number of allylic oxidation sites excluding steroid dienone is 6. The van der Waals surface area contributed by atoms with Crippen LogP contribution in [0.2, 0.25) is 0 Å². The Morgan fingerprint density at radius 1 is 0.512 bits per heavy atom. The molecule has 0 saturated heterocycles. The first-order chi connectivity index (χ1) is 19.8. The first-order valence-electron chi connectivity index (χ1n) is 13.1. The van der Waals surface area contributed by atoms with Crippen LogP contribution in [0.3, 0.4) is 0 Å². The summed E-state index contributed by atoms with van der Waals surface area (Å²) in [4.78, 5) is 29.7. The Morgan fingerprint density at radius 3 is 1.46 bits per heavy atom. The van der Waals surface area contributed by atoms with Gasteiger partial charge in [-0.15, -0.1) is 0 Å². The van der Waals surface area contributed by atoms with E-state index in [2.05, 4.69) is 12.2 Å². The number of amidine groups is 2. The van der Waals surface area contributed by atoms with Crippen LogP contribution in [0, 0.1) is 11.8 Å². The quantitative estimate of drug-likeness (QED) is 0.237. The van der Waals surface area contributed by atoms with Crippen molar-refractivity contribution in [2.24, 2.45) is 31.8 Å². The van der Waals surface area contributed by atoms with Crippen molar-refractivity contribution in [1.82, 2.24) is 9.97 Å². The second kappa shape index (κ2) is 9.11. The molecule has 41 heavy (non-hydrogen) atoms. The SMILES string of the molecule is C1=CC2=C3N=c4[n-]c(c5ccccc45)=NC4=C5C=CC=CC5C(=Nc5[n-]c(c6ccccc56)N=C([N-]3)C2C=C1)[N-]4.[Pt+4]. The van der Waals surface area contributed by atoms with Crippen LogP contribution >= 0.6 is 0 Å². The van der Waals surface area contributed by atoms with Gasteiger partial charge in [-0.2, -0.15) is 0 Å². The van der Waals surface area contributed by atoms with E-state index in [1.165, 1.54) is 0 Å². The summed E-state index contributed by atoms with van der Waals surface area (Å²) in [6.07, 6.45) is 16.3. The average Bonchev–Trinajstić information content (AvgIpc) is 3.73. The molecular formula is C32H18N8Pt. The van der Waals surface area contributed by atoms with Crippen molar-refractivity contribution in [3.63, 3.8) is 0 Å². The molecule has 0 saturated carbocycles. The molecule has 5 aliphatic rings. The zero-order valence-electron chi connectivity index (χ0n) is 21.3. The third-order valence-electron chi connectivity index (χ3n) is 7.67. The Morgan fingerprint density at radius 2 is 0.976 bits per heavy atom. The molecule has 4 aromatic rings. The van der Waals surface area contributed by atoms with E-state index >= 15 is 0 Å². The first kappa shape index (κ1) is 24.0. The van der Waals surface area contributed by atoms with Crippen LogP contribution in [0.25, 0.3) is 32.2 Å². The summed E-state index contributed by atoms with van der Waals surface area (Å²) in [5.74, 6) is 3.40. The van der Waals surface area contributed by atoms with Crippen LogP contribution < -0.4 is 20.9 Å². The summed E-state index contributed by atoms with van der Waals surface area (Å²) < 4.78 is 0. The van der Waals surface area contributed by atoms with Crippen molar-refractivity contribution < 1.29 is 21.1 Å². The number of aromatic nitrogens is 2. The van der Waals surface area contributed by atoms with Gasteiger partial charge in [0.1, 0.15) is 0 Å². The second-order valence-corrected chi connectivity index (χ2v) is 10.00. The van der Waals surface area contributed by atoms with Gasteiger partial charge >= 0.3 is 21.1 Å². The smallest absolute Gasteiger partial charge is 0.362 e. The van der Waals surface area contributed by atoms with Gasteiger partial charge in [-0.1, -0.05) is 97.1 Å². The molecule has 196 valence electrons. The molecule has 0 radical (unpaired) electrons. The van der Waals surface area contributed by atoms with Crippen LogP contribution in [-0.4, -0.2) is 11.7 Å². The number of benzene rings is 2. The minimum absolute atomic E-state index is 0. The third-order valence-corrected chi connectivity index (χ3v) is 7.67. The van der Waals surface area contributed by atoms with Gasteiger partial charge < -0.3 is 40.6 Å². The van der Waals surface area contributed by atoms with Crippen molar-refractivity contribution in [3.05, 3.63) is 142 Å². The van der Waals surface area contributed by atoms with Crippen molar-refractivity contribution in [1.29, 1.82) is 0 Å². The molecule has 2 atom stereocenters. The summed E-state index contributed by atoms with van der Waals surface area (Å²) in [5, 5.41) is 13.5. The van der Waals surface area contributed by atoms with Gasteiger partial charge in [-0.05, 0) is 44.4 Å². The fraction of sp³-hybridized carbons (Fsp3) is 0.0625. The summed E-state index contributed by atoms with van der Waals surface area (Å²) in [5.41, 5.74) is 3.10. The fourth-order valence-corrected chi connectivity index (χ4v) is 5.76. The van der Waals surface area contributed by atoms with Gasteiger partial charge in [0.05, 0.1) is 0 Å². The summed E-state index contributed by atoms with van der Waals surface area (Å²) in [6, 6.07) is 16.0. The number of fused-ring (bicyclic) bond motifs is 18. The molecular weight excluding hydrogens is 691 g/mol. The van der Waals surface area contributed by atoms with Gasteiger partial charge in [0.2, 0.25) is 0 Å². The van der Waals surface area contributed by atoms with E-state index in [0.29, 0.717) is 45.9 Å². The van der Waals surface area contributed by atoms with E-state index < -0.39 is 0 Å². The number of hydrogen-bond donors (Lipinski definition) is 0. The molecule has 9 rings (SSSR count). The first-order valence-corrected chi connectivity index (χ1v) is 13.1. The van der Waals surface area contributed by atoms with E-state index in [0.717, 1.165) is 32.7 Å². The number of rotatable bonds is 0. The molecule has 0 N–H and O–H groups in total. The Balaban J connectivity index is 0.00000256. The maximum Gasteiger partial charge on any atom is 4.00 e. The summed E-state index contributed by atoms with van der Waals surface area (Å²) in [7, 11) is 0. The zero-order chi connectivity index (χ0) is 26.2. The third kappa shape index (κ3) is 3.64. The zero-order valence-corrected chi connectivity index (χ0v) is 23.6. The Kier molecular flexibility index (Phi) is 5.34. The number of hydrogen-bond acceptors (Lipinski definition) is 4. The molecule has 5 heterocycles. The molecule has 2 unspecified atom stereocenters. The second-order valence-electron chi connectivity index (χ2n) is 10.00. The van der Waals surface area contributed by atoms with Crippen LogP contribution in [0.15, 0.2) is 140 Å². The minimum Gasteiger partial charge on any atom is -0.362 e. The van der Waals surface area contributed by atoms with E-state index in [-0.39, 0.29) is 32.9 Å². The standard InChI is InChI=1S/C32H18N8.Pt/c1-2-10-18-17(9-1)25-33-26(18)38-28-21-13-5-6-14-22(21)30(35-28)40-32-24-16-8-7-15-23(24)31(36-32)39-29-20-12-4-3-11-19(20)27(34-29)37-25;/h1-17,23H;/q-4;+4. The van der Waals surface area contributed by atoms with E-state index in [1.807, 2.05) is 85.0 Å². The van der Waals surface area contributed by atoms with E-state index in [9.17, 15) is 0 Å². The van der Waals surface area contributed by atoms with Gasteiger partial charge in [-0.3, -0.25) is 0 Å². The van der Waals surface area contributed by atoms with Crippen molar-refractivity contribution in [2.45, 2.75) is 0 Å². The van der Waals surface area contributed by atoms with E-state index in [4.69, 9.17) is 40.6 Å². The molecule has 2 aromatic heterocycles. The van der Waals surface area contributed by atoms with Crippen molar-refractivity contribution in [2.75, 3.05) is 0 Å². The normalized spacial score (nSPS) is 21.5. The maximum atomic E-state index is 4.99. The summed E-state index contributed by atoms with van der Waals surface area (Å²) >= 11 is 0. The van der Waals surface area contributed by atoms with Crippen molar-refractivity contribution in [3.8, 4) is 0 Å². The largest absolute Gasteiger partial charge is 4.00 e. The van der Waals surface area contributed by atoms with Gasteiger partial charge in [0.15, 0.2) is 0 Å². The predicted molar refractivity (Wildman–Crippen MR) is 155 cm³/mol. The molecule has 2 aliphatic carbocycles. The van der Waals surface area contributed by atoms with E-state index in [1.54, 1.807) is 0 Å². The molecule has 2 aromatic carbocycles. The van der Waals surface area contributed by atoms with Crippen LogP contribution in [0.1, 0.15) is 0 Å². The number of nitrogens with zero attached hydrogens (tertiary/aromatic N) is 8. The van der Waals surface area contributed by atoms with Gasteiger partial charge in [0.25, 0.3) is 0 Å². The van der Waals surface area contributed by atoms with Crippen molar-refractivity contribution >= 4 is 44.9 Å². The van der Waals surface area contributed by atoms with Crippen LogP contribution in [0.4, 0.5) is 11.6 Å². The molecule has 0 fully saturated rings. The fourth-order valence-electron chi connectivity index (χ4n) is 5.76. The molecule has 8 nitrogen and oxygen atoms in total. The average molecular weight is 710 g/mol. The molecule has 3 aliphatic heterocycles. The molecule has 0 amide bonds. The number of aliphatic imine (C=N–C) groups is 2. The van der Waals surface area contributed by atoms with Crippen LogP contribution in [-0.2, 0) is 21.1 Å². The monoisotopic (exact) mass is 709 g/mol. The minimum atomic E-state index is -0.118. The van der Waals surface area contributed by atoms with Gasteiger partial charge in [0, 0.05) is 46.1 Å².